The summed E-state index contributed by atoms with van der Waals surface area (Å²) in [5, 5.41) is 9.84. The Kier molecular flexibility index (Phi) is 3.93. The number of rotatable bonds is 4. The van der Waals surface area contributed by atoms with E-state index in [9.17, 15) is 9.59 Å². The summed E-state index contributed by atoms with van der Waals surface area (Å²) >= 11 is 0. The van der Waals surface area contributed by atoms with Crippen molar-refractivity contribution in [1.82, 2.24) is 5.12 Å². The smallest absolute Gasteiger partial charge is 0.141 e. The maximum absolute atomic E-state index is 11.4. The molecule has 0 aromatic heterocycles. The van der Waals surface area contributed by atoms with Crippen LogP contribution in [0.1, 0.15) is 27.7 Å². The van der Waals surface area contributed by atoms with Crippen molar-refractivity contribution in [2.75, 3.05) is 6.54 Å². The number of Topliss-reactive ketones (excluding diaryl/α,β-unsaturated/α-hetero) is 2. The van der Waals surface area contributed by atoms with Crippen molar-refractivity contribution in [3.05, 3.63) is 0 Å². The first-order valence-corrected chi connectivity index (χ1v) is 5.35. The van der Waals surface area contributed by atoms with E-state index >= 15 is 0 Å². The lowest BCUT2D eigenvalue weighted by molar-refractivity contribution is -0.130. The van der Waals surface area contributed by atoms with Crippen molar-refractivity contribution in [1.29, 1.82) is 0 Å². The van der Waals surface area contributed by atoms with Crippen LogP contribution in [0.15, 0.2) is 10.2 Å². The highest BCUT2D eigenvalue weighted by Crippen LogP contribution is 2.18. The van der Waals surface area contributed by atoms with Crippen molar-refractivity contribution in [2.45, 2.75) is 27.7 Å². The Balaban J connectivity index is 2.93. The minimum atomic E-state index is -0.647. The fourth-order valence-corrected chi connectivity index (χ4v) is 1.80. The number of carbonyl (C=O) groups excluding carboxylic acids is 2. The molecule has 0 saturated carbocycles. The first-order valence-electron chi connectivity index (χ1n) is 5.35. The van der Waals surface area contributed by atoms with Gasteiger partial charge in [0.25, 0.3) is 0 Å². The molecule has 0 radical (unpaired) electrons. The molecule has 0 N–H and O–H groups in total. The summed E-state index contributed by atoms with van der Waals surface area (Å²) in [6.07, 6.45) is 1.64. The first-order chi connectivity index (χ1) is 7.47. The van der Waals surface area contributed by atoms with E-state index < -0.39 is 5.92 Å². The molecule has 5 heteroatoms. The molecule has 0 bridgehead atoms. The van der Waals surface area contributed by atoms with Crippen LogP contribution in [0.3, 0.4) is 0 Å². The Morgan fingerprint density at radius 2 is 2.00 bits per heavy atom. The third-order valence-electron chi connectivity index (χ3n) is 2.63. The third-order valence-corrected chi connectivity index (χ3v) is 2.63. The van der Waals surface area contributed by atoms with Gasteiger partial charge in [0.1, 0.15) is 11.6 Å². The number of hydrogen-bond acceptors (Lipinski definition) is 5. The fraction of sp³-hybridized carbons (Fsp3) is 0.636. The van der Waals surface area contributed by atoms with Crippen molar-refractivity contribution < 1.29 is 9.59 Å². The molecule has 0 aliphatic carbocycles. The Morgan fingerprint density at radius 3 is 2.38 bits per heavy atom. The monoisotopic (exact) mass is 223 g/mol. The lowest BCUT2D eigenvalue weighted by Gasteiger charge is -2.25. The summed E-state index contributed by atoms with van der Waals surface area (Å²) in [5.41, 5.74) is 0.757. The Labute approximate surface area is 95.2 Å². The molecule has 0 fully saturated rings. The van der Waals surface area contributed by atoms with E-state index in [0.717, 1.165) is 5.71 Å². The second-order valence-electron chi connectivity index (χ2n) is 3.92. The molecule has 16 heavy (non-hydrogen) atoms. The van der Waals surface area contributed by atoms with Gasteiger partial charge in [-0.15, -0.1) is 0 Å². The molecule has 1 heterocycles. The normalized spacial score (nSPS) is 19.9. The van der Waals surface area contributed by atoms with Gasteiger partial charge in [-0.1, -0.05) is 0 Å². The highest BCUT2D eigenvalue weighted by atomic mass is 16.1. The van der Waals surface area contributed by atoms with Gasteiger partial charge in [-0.25, -0.2) is 0 Å². The lowest BCUT2D eigenvalue weighted by Crippen LogP contribution is -2.37. The molecule has 88 valence electrons. The van der Waals surface area contributed by atoms with Gasteiger partial charge in [-0.2, -0.15) is 15.3 Å². The van der Waals surface area contributed by atoms with Crippen molar-refractivity contribution in [3.8, 4) is 0 Å². The van der Waals surface area contributed by atoms with E-state index in [4.69, 9.17) is 0 Å². The number of nitrogens with zero attached hydrogens (tertiary/aromatic N) is 3. The van der Waals surface area contributed by atoms with Gasteiger partial charge >= 0.3 is 0 Å². The number of carbonyl (C=O) groups is 2. The standard InChI is InChI=1S/C11H17N3O2/c1-5-14-12-6-10(7(2)13-14)11(8(3)15)9(4)16/h6,10-11H,5H2,1-4H3. The van der Waals surface area contributed by atoms with Crippen LogP contribution in [0.2, 0.25) is 0 Å². The minimum absolute atomic E-state index is 0.136. The predicted octanol–water partition coefficient (Wildman–Crippen LogP) is 1.09. The summed E-state index contributed by atoms with van der Waals surface area (Å²) in [6, 6.07) is 0. The zero-order valence-corrected chi connectivity index (χ0v) is 10.1. The van der Waals surface area contributed by atoms with Gasteiger partial charge in [0.05, 0.1) is 18.4 Å². The van der Waals surface area contributed by atoms with E-state index in [-0.39, 0.29) is 17.5 Å². The largest absolute Gasteiger partial charge is 0.299 e. The van der Waals surface area contributed by atoms with Crippen LogP contribution < -0.4 is 0 Å². The minimum Gasteiger partial charge on any atom is -0.299 e. The average Bonchev–Trinajstić information content (AvgIpc) is 2.19. The Hall–Kier alpha value is -1.52. The molecule has 0 spiro atoms. The molecule has 1 unspecified atom stereocenters. The molecule has 1 rings (SSSR count). The fourth-order valence-electron chi connectivity index (χ4n) is 1.80. The van der Waals surface area contributed by atoms with E-state index in [0.29, 0.717) is 6.54 Å². The summed E-state index contributed by atoms with van der Waals surface area (Å²) in [6.45, 7) is 7.28. The van der Waals surface area contributed by atoms with Crippen molar-refractivity contribution in [2.24, 2.45) is 22.0 Å². The molecular weight excluding hydrogens is 206 g/mol. The highest BCUT2D eigenvalue weighted by Gasteiger charge is 2.32. The summed E-state index contributed by atoms with van der Waals surface area (Å²) in [5.74, 6) is -1.21. The second-order valence-corrected chi connectivity index (χ2v) is 3.92. The molecular formula is C11H17N3O2. The number of hydrogen-bond donors (Lipinski definition) is 0. The van der Waals surface area contributed by atoms with Crippen LogP contribution in [0.5, 0.6) is 0 Å². The predicted molar refractivity (Wildman–Crippen MR) is 62.3 cm³/mol. The lowest BCUT2D eigenvalue weighted by atomic mass is 9.84. The van der Waals surface area contributed by atoms with Gasteiger partial charge in [-0.05, 0) is 27.7 Å². The van der Waals surface area contributed by atoms with Crippen LogP contribution in [-0.4, -0.2) is 35.2 Å². The molecule has 5 nitrogen and oxygen atoms in total. The van der Waals surface area contributed by atoms with Crippen LogP contribution in [0.4, 0.5) is 0 Å². The number of hydrazone groups is 2. The quantitative estimate of drug-likeness (QED) is 0.670. The van der Waals surface area contributed by atoms with Crippen LogP contribution in [0.25, 0.3) is 0 Å². The zero-order chi connectivity index (χ0) is 12.3. The van der Waals surface area contributed by atoms with Gasteiger partial charge in [0, 0.05) is 11.9 Å². The highest BCUT2D eigenvalue weighted by molar-refractivity contribution is 6.11. The Morgan fingerprint density at radius 1 is 1.44 bits per heavy atom. The zero-order valence-electron chi connectivity index (χ0n) is 10.1. The number of ketones is 2. The molecule has 1 aliphatic rings. The van der Waals surface area contributed by atoms with Crippen LogP contribution >= 0.6 is 0 Å². The molecule has 0 aromatic rings. The summed E-state index contributed by atoms with van der Waals surface area (Å²) < 4.78 is 0. The van der Waals surface area contributed by atoms with Gasteiger partial charge < -0.3 is 0 Å². The van der Waals surface area contributed by atoms with E-state index in [2.05, 4.69) is 10.2 Å². The molecule has 0 saturated heterocycles. The third kappa shape index (κ3) is 2.53. The van der Waals surface area contributed by atoms with Gasteiger partial charge in [0.15, 0.2) is 0 Å². The first kappa shape index (κ1) is 12.5. The summed E-state index contributed by atoms with van der Waals surface area (Å²) in [4.78, 5) is 22.9. The molecule has 0 amide bonds. The topological polar surface area (TPSA) is 62.1 Å². The molecule has 1 atom stereocenters. The maximum Gasteiger partial charge on any atom is 0.141 e. The van der Waals surface area contributed by atoms with E-state index in [1.165, 1.54) is 13.8 Å². The van der Waals surface area contributed by atoms with Crippen LogP contribution in [-0.2, 0) is 9.59 Å². The van der Waals surface area contributed by atoms with E-state index in [1.807, 2.05) is 13.8 Å². The van der Waals surface area contributed by atoms with Crippen molar-refractivity contribution >= 4 is 23.5 Å². The second kappa shape index (κ2) is 5.01. The van der Waals surface area contributed by atoms with Gasteiger partial charge in [-0.3, -0.25) is 9.59 Å². The van der Waals surface area contributed by atoms with E-state index in [1.54, 1.807) is 11.3 Å². The summed E-state index contributed by atoms with van der Waals surface area (Å²) in [7, 11) is 0. The van der Waals surface area contributed by atoms with Crippen molar-refractivity contribution in [3.63, 3.8) is 0 Å². The maximum atomic E-state index is 11.4. The van der Waals surface area contributed by atoms with Gasteiger partial charge in [0.2, 0.25) is 0 Å². The molecule has 1 aliphatic heterocycles. The average molecular weight is 223 g/mol. The van der Waals surface area contributed by atoms with Crippen LogP contribution in [0, 0.1) is 11.8 Å². The molecule has 0 aromatic carbocycles. The Bertz CT molecular complexity index is 346. The SMILES string of the molecule is CCN1N=CC(C(C(C)=O)C(C)=O)C(C)=N1.